The summed E-state index contributed by atoms with van der Waals surface area (Å²) in [6.45, 7) is 0. The van der Waals surface area contributed by atoms with Crippen LogP contribution in [-0.4, -0.2) is 9.97 Å². The van der Waals surface area contributed by atoms with Crippen LogP contribution in [0.25, 0.3) is 11.3 Å². The fourth-order valence-electron chi connectivity index (χ4n) is 1.24. The minimum Gasteiger partial charge on any atom is -0.382 e. The van der Waals surface area contributed by atoms with Crippen molar-refractivity contribution < 1.29 is 4.39 Å². The largest absolute Gasteiger partial charge is 0.382 e. The monoisotopic (exact) mass is 223 g/mol. The summed E-state index contributed by atoms with van der Waals surface area (Å²) < 4.78 is 13.5. The van der Waals surface area contributed by atoms with E-state index in [1.807, 2.05) is 0 Å². The zero-order chi connectivity index (χ0) is 10.8. The highest BCUT2D eigenvalue weighted by molar-refractivity contribution is 6.30. The molecule has 0 saturated carbocycles. The summed E-state index contributed by atoms with van der Waals surface area (Å²) in [5.41, 5.74) is 6.21. The molecule has 3 nitrogen and oxygen atoms in total. The van der Waals surface area contributed by atoms with Gasteiger partial charge in [-0.3, -0.25) is 4.98 Å². The van der Waals surface area contributed by atoms with Gasteiger partial charge in [0.15, 0.2) is 0 Å². The highest BCUT2D eigenvalue weighted by atomic mass is 35.5. The Morgan fingerprint density at radius 1 is 1.20 bits per heavy atom. The lowest BCUT2D eigenvalue weighted by Gasteiger charge is -2.04. The number of nitrogen functional groups attached to an aromatic ring is 1. The van der Waals surface area contributed by atoms with Gasteiger partial charge in [-0.05, 0) is 18.2 Å². The van der Waals surface area contributed by atoms with Crippen molar-refractivity contribution in [2.45, 2.75) is 0 Å². The molecule has 15 heavy (non-hydrogen) atoms. The molecule has 0 fully saturated rings. The number of nitrogens with zero attached hydrogens (tertiary/aromatic N) is 2. The highest BCUT2D eigenvalue weighted by Gasteiger charge is 2.10. The Balaban J connectivity index is 2.60. The molecule has 0 spiro atoms. The third-order valence-electron chi connectivity index (χ3n) is 1.91. The standard InChI is InChI=1S/C10H7ClFN3/c11-6-1-2-7(8(12)5-6)9-10(13)15-4-3-14-9/h1-5H,(H2,13,15). The number of halogens is 2. The minimum atomic E-state index is -0.463. The lowest BCUT2D eigenvalue weighted by Crippen LogP contribution is -1.97. The summed E-state index contributed by atoms with van der Waals surface area (Å²) in [5, 5.41) is 0.332. The van der Waals surface area contributed by atoms with Crippen molar-refractivity contribution in [3.05, 3.63) is 41.4 Å². The number of hydrogen-bond donors (Lipinski definition) is 1. The van der Waals surface area contributed by atoms with E-state index in [4.69, 9.17) is 17.3 Å². The van der Waals surface area contributed by atoms with Gasteiger partial charge in [0.1, 0.15) is 17.3 Å². The Hall–Kier alpha value is -1.68. The van der Waals surface area contributed by atoms with Crippen LogP contribution >= 0.6 is 11.6 Å². The lowest BCUT2D eigenvalue weighted by atomic mass is 10.1. The van der Waals surface area contributed by atoms with E-state index in [1.54, 1.807) is 6.07 Å². The van der Waals surface area contributed by atoms with Crippen molar-refractivity contribution in [1.29, 1.82) is 0 Å². The van der Waals surface area contributed by atoms with E-state index in [-0.39, 0.29) is 5.82 Å². The fraction of sp³-hybridized carbons (Fsp3) is 0. The van der Waals surface area contributed by atoms with Gasteiger partial charge >= 0.3 is 0 Å². The Kier molecular flexibility index (Phi) is 2.51. The van der Waals surface area contributed by atoms with E-state index in [2.05, 4.69) is 9.97 Å². The summed E-state index contributed by atoms with van der Waals surface area (Å²) in [5.74, 6) is -0.270. The molecular weight excluding hydrogens is 217 g/mol. The van der Waals surface area contributed by atoms with Gasteiger partial charge in [-0.15, -0.1) is 0 Å². The average molecular weight is 224 g/mol. The quantitative estimate of drug-likeness (QED) is 0.808. The smallest absolute Gasteiger partial charge is 0.150 e. The number of benzene rings is 1. The zero-order valence-electron chi connectivity index (χ0n) is 7.61. The van der Waals surface area contributed by atoms with E-state index in [0.29, 0.717) is 16.3 Å². The number of nitrogens with two attached hydrogens (primary N) is 1. The van der Waals surface area contributed by atoms with Crippen molar-refractivity contribution >= 4 is 17.4 Å². The second-order valence-corrected chi connectivity index (χ2v) is 3.35. The fourth-order valence-corrected chi connectivity index (χ4v) is 1.40. The molecule has 76 valence electrons. The molecule has 1 aromatic carbocycles. The summed E-state index contributed by atoms with van der Waals surface area (Å²) in [4.78, 5) is 7.80. The van der Waals surface area contributed by atoms with Gasteiger partial charge in [0.2, 0.25) is 0 Å². The molecule has 0 aliphatic heterocycles. The van der Waals surface area contributed by atoms with Crippen LogP contribution in [0.2, 0.25) is 5.02 Å². The zero-order valence-corrected chi connectivity index (χ0v) is 8.37. The second kappa shape index (κ2) is 3.82. The topological polar surface area (TPSA) is 51.8 Å². The first-order valence-electron chi connectivity index (χ1n) is 4.20. The van der Waals surface area contributed by atoms with Crippen molar-refractivity contribution in [2.24, 2.45) is 0 Å². The van der Waals surface area contributed by atoms with Crippen LogP contribution in [0.1, 0.15) is 0 Å². The van der Waals surface area contributed by atoms with Crippen molar-refractivity contribution in [2.75, 3.05) is 5.73 Å². The molecule has 0 aliphatic carbocycles. The Morgan fingerprint density at radius 3 is 2.60 bits per heavy atom. The van der Waals surface area contributed by atoms with E-state index in [1.165, 1.54) is 24.5 Å². The van der Waals surface area contributed by atoms with Crippen LogP contribution in [0.4, 0.5) is 10.2 Å². The predicted octanol–water partition coefficient (Wildman–Crippen LogP) is 2.52. The number of aromatic nitrogens is 2. The van der Waals surface area contributed by atoms with Crippen molar-refractivity contribution in [1.82, 2.24) is 9.97 Å². The number of anilines is 1. The van der Waals surface area contributed by atoms with Crippen LogP contribution in [0, 0.1) is 5.82 Å². The third kappa shape index (κ3) is 1.89. The summed E-state index contributed by atoms with van der Waals surface area (Å²) in [7, 11) is 0. The molecule has 0 aliphatic rings. The van der Waals surface area contributed by atoms with Crippen LogP contribution in [0.5, 0.6) is 0 Å². The maximum atomic E-state index is 13.5. The van der Waals surface area contributed by atoms with Gasteiger partial charge in [-0.1, -0.05) is 11.6 Å². The van der Waals surface area contributed by atoms with E-state index < -0.39 is 5.82 Å². The first kappa shape index (κ1) is 9.86. The molecule has 1 heterocycles. The van der Waals surface area contributed by atoms with Gasteiger partial charge in [-0.2, -0.15) is 0 Å². The van der Waals surface area contributed by atoms with E-state index >= 15 is 0 Å². The third-order valence-corrected chi connectivity index (χ3v) is 2.15. The molecule has 0 bridgehead atoms. The number of hydrogen-bond acceptors (Lipinski definition) is 3. The predicted molar refractivity (Wildman–Crippen MR) is 56.8 cm³/mol. The first-order chi connectivity index (χ1) is 7.18. The summed E-state index contributed by atoms with van der Waals surface area (Å²) in [6.07, 6.45) is 2.91. The Bertz CT molecular complexity index is 502. The Morgan fingerprint density at radius 2 is 1.93 bits per heavy atom. The highest BCUT2D eigenvalue weighted by Crippen LogP contribution is 2.26. The average Bonchev–Trinajstić information content (AvgIpc) is 2.20. The molecule has 0 radical (unpaired) electrons. The molecule has 0 amide bonds. The molecule has 0 saturated heterocycles. The van der Waals surface area contributed by atoms with Gasteiger partial charge in [0, 0.05) is 23.0 Å². The van der Waals surface area contributed by atoms with E-state index in [0.717, 1.165) is 0 Å². The van der Waals surface area contributed by atoms with Gasteiger partial charge < -0.3 is 5.73 Å². The maximum absolute atomic E-state index is 13.5. The molecule has 1 aromatic heterocycles. The molecule has 2 N–H and O–H groups in total. The molecule has 0 atom stereocenters. The van der Waals surface area contributed by atoms with Crippen LogP contribution < -0.4 is 5.73 Å². The summed E-state index contributed by atoms with van der Waals surface area (Å²) in [6, 6.07) is 4.32. The molecule has 0 unspecified atom stereocenters. The first-order valence-corrected chi connectivity index (χ1v) is 4.58. The van der Waals surface area contributed by atoms with E-state index in [9.17, 15) is 4.39 Å². The SMILES string of the molecule is Nc1nccnc1-c1ccc(Cl)cc1F. The molecule has 5 heteroatoms. The van der Waals surface area contributed by atoms with Gasteiger partial charge in [0.25, 0.3) is 0 Å². The van der Waals surface area contributed by atoms with Crippen molar-refractivity contribution in [3.8, 4) is 11.3 Å². The maximum Gasteiger partial charge on any atom is 0.150 e. The number of rotatable bonds is 1. The lowest BCUT2D eigenvalue weighted by molar-refractivity contribution is 0.631. The molecule has 2 rings (SSSR count). The van der Waals surface area contributed by atoms with Crippen molar-refractivity contribution in [3.63, 3.8) is 0 Å². The second-order valence-electron chi connectivity index (χ2n) is 2.91. The normalized spacial score (nSPS) is 10.3. The molecule has 2 aromatic rings. The minimum absolute atomic E-state index is 0.193. The van der Waals surface area contributed by atoms with Gasteiger partial charge in [0.05, 0.1) is 0 Å². The van der Waals surface area contributed by atoms with Crippen LogP contribution in [0.3, 0.4) is 0 Å². The van der Waals surface area contributed by atoms with Gasteiger partial charge in [-0.25, -0.2) is 9.37 Å². The van der Waals surface area contributed by atoms with Crippen LogP contribution in [-0.2, 0) is 0 Å². The Labute approximate surface area is 90.7 Å². The summed E-state index contributed by atoms with van der Waals surface area (Å²) >= 11 is 5.64. The van der Waals surface area contributed by atoms with Crippen LogP contribution in [0.15, 0.2) is 30.6 Å². The molecular formula is C10H7ClFN3.